The molecular formula is C13H19N. The summed E-state index contributed by atoms with van der Waals surface area (Å²) in [6, 6.07) is 8.44. The van der Waals surface area contributed by atoms with E-state index in [0.29, 0.717) is 5.92 Å². The highest BCUT2D eigenvalue weighted by Crippen LogP contribution is 2.14. The first-order valence-corrected chi connectivity index (χ1v) is 5.10. The van der Waals surface area contributed by atoms with Crippen LogP contribution in [0, 0.1) is 5.92 Å². The Balaban J connectivity index is 2.73. The van der Waals surface area contributed by atoms with Gasteiger partial charge in [-0.05, 0) is 23.5 Å². The second-order valence-corrected chi connectivity index (χ2v) is 4.10. The molecule has 0 aliphatic heterocycles. The molecule has 1 heteroatoms. The molecule has 1 aromatic rings. The second kappa shape index (κ2) is 4.97. The van der Waals surface area contributed by atoms with Crippen molar-refractivity contribution >= 4 is 0 Å². The summed E-state index contributed by atoms with van der Waals surface area (Å²) < 4.78 is 0. The van der Waals surface area contributed by atoms with Crippen LogP contribution in [0.3, 0.4) is 0 Å². The molecule has 0 saturated heterocycles. The number of hydrogen-bond donors (Lipinski definition) is 1. The molecular weight excluding hydrogens is 170 g/mol. The molecule has 0 aliphatic carbocycles. The topological polar surface area (TPSA) is 26.0 Å². The van der Waals surface area contributed by atoms with Gasteiger partial charge in [-0.15, -0.1) is 6.58 Å². The zero-order valence-electron chi connectivity index (χ0n) is 9.03. The number of hydrogen-bond acceptors (Lipinski definition) is 1. The van der Waals surface area contributed by atoms with Gasteiger partial charge in [0, 0.05) is 6.04 Å². The highest BCUT2D eigenvalue weighted by atomic mass is 14.6. The molecule has 0 heterocycles. The molecule has 14 heavy (non-hydrogen) atoms. The lowest BCUT2D eigenvalue weighted by Crippen LogP contribution is -2.06. The number of rotatable bonds is 4. The van der Waals surface area contributed by atoms with Crippen LogP contribution in [0.5, 0.6) is 0 Å². The summed E-state index contributed by atoms with van der Waals surface area (Å²) >= 11 is 0. The number of nitrogens with two attached hydrogens (primary N) is 1. The van der Waals surface area contributed by atoms with E-state index in [1.54, 1.807) is 6.08 Å². The van der Waals surface area contributed by atoms with Crippen LogP contribution in [0.25, 0.3) is 0 Å². The lowest BCUT2D eigenvalue weighted by atomic mass is 10.00. The lowest BCUT2D eigenvalue weighted by Gasteiger charge is -2.09. The largest absolute Gasteiger partial charge is 0.321 e. The zero-order chi connectivity index (χ0) is 10.6. The van der Waals surface area contributed by atoms with Gasteiger partial charge in [-0.25, -0.2) is 0 Å². The quantitative estimate of drug-likeness (QED) is 0.724. The van der Waals surface area contributed by atoms with Gasteiger partial charge in [-0.1, -0.05) is 44.2 Å². The molecule has 76 valence electrons. The van der Waals surface area contributed by atoms with Crippen LogP contribution in [0.1, 0.15) is 31.0 Å². The summed E-state index contributed by atoms with van der Waals surface area (Å²) in [5.41, 5.74) is 8.33. The Kier molecular flexibility index (Phi) is 3.90. The molecule has 0 unspecified atom stereocenters. The summed E-state index contributed by atoms with van der Waals surface area (Å²) in [6.07, 6.45) is 2.89. The monoisotopic (exact) mass is 189 g/mol. The van der Waals surface area contributed by atoms with Gasteiger partial charge in [-0.3, -0.25) is 0 Å². The minimum absolute atomic E-state index is 0.0388. The normalized spacial score (nSPS) is 12.9. The molecule has 0 fully saturated rings. The maximum atomic E-state index is 5.83. The van der Waals surface area contributed by atoms with E-state index in [-0.39, 0.29) is 6.04 Å². The van der Waals surface area contributed by atoms with E-state index in [0.717, 1.165) is 12.0 Å². The van der Waals surface area contributed by atoms with Gasteiger partial charge in [0.15, 0.2) is 0 Å². The van der Waals surface area contributed by atoms with Crippen LogP contribution in [-0.2, 0) is 6.42 Å². The van der Waals surface area contributed by atoms with Gasteiger partial charge in [0.05, 0.1) is 0 Å². The van der Waals surface area contributed by atoms with E-state index in [4.69, 9.17) is 5.73 Å². The van der Waals surface area contributed by atoms with E-state index in [2.05, 4.69) is 44.7 Å². The van der Waals surface area contributed by atoms with Crippen molar-refractivity contribution in [2.24, 2.45) is 11.7 Å². The molecule has 0 spiro atoms. The van der Waals surface area contributed by atoms with Gasteiger partial charge < -0.3 is 5.73 Å². The Labute approximate surface area is 86.6 Å². The third-order valence-electron chi connectivity index (χ3n) is 2.26. The van der Waals surface area contributed by atoms with Crippen molar-refractivity contribution in [2.45, 2.75) is 26.3 Å². The van der Waals surface area contributed by atoms with E-state index in [9.17, 15) is 0 Å². The first-order chi connectivity index (χ1) is 6.63. The van der Waals surface area contributed by atoms with E-state index in [1.165, 1.54) is 5.56 Å². The van der Waals surface area contributed by atoms with Gasteiger partial charge in [0.25, 0.3) is 0 Å². The Bertz CT molecular complexity index is 285. The summed E-state index contributed by atoms with van der Waals surface area (Å²) in [4.78, 5) is 0. The fourth-order valence-electron chi connectivity index (χ4n) is 1.48. The van der Waals surface area contributed by atoms with E-state index in [1.807, 2.05) is 0 Å². The van der Waals surface area contributed by atoms with Gasteiger partial charge in [0.1, 0.15) is 0 Å². The van der Waals surface area contributed by atoms with E-state index < -0.39 is 0 Å². The van der Waals surface area contributed by atoms with Crippen molar-refractivity contribution in [3.05, 3.63) is 48.0 Å². The standard InChI is InChI=1S/C13H19N/c1-4-13(14)12-7-5-11(6-8-12)9-10(2)3/h4-8,10,13H,1,9,14H2,2-3H3/t13-/m1/s1. The van der Waals surface area contributed by atoms with Crippen LogP contribution in [0.15, 0.2) is 36.9 Å². The van der Waals surface area contributed by atoms with E-state index >= 15 is 0 Å². The molecule has 1 aromatic carbocycles. The minimum atomic E-state index is -0.0388. The highest BCUT2D eigenvalue weighted by molar-refractivity contribution is 5.27. The Hall–Kier alpha value is -1.08. The van der Waals surface area contributed by atoms with Crippen molar-refractivity contribution in [1.82, 2.24) is 0 Å². The molecule has 0 aromatic heterocycles. The predicted octanol–water partition coefficient (Wildman–Crippen LogP) is 3.07. The first kappa shape index (κ1) is 11.0. The van der Waals surface area contributed by atoms with Gasteiger partial charge >= 0.3 is 0 Å². The molecule has 2 N–H and O–H groups in total. The second-order valence-electron chi connectivity index (χ2n) is 4.10. The molecule has 0 radical (unpaired) electrons. The average molecular weight is 189 g/mol. The molecule has 0 aliphatic rings. The first-order valence-electron chi connectivity index (χ1n) is 5.10. The van der Waals surface area contributed by atoms with Crippen LogP contribution in [-0.4, -0.2) is 0 Å². The zero-order valence-corrected chi connectivity index (χ0v) is 9.03. The minimum Gasteiger partial charge on any atom is -0.321 e. The van der Waals surface area contributed by atoms with Crippen LogP contribution >= 0.6 is 0 Å². The molecule has 0 saturated carbocycles. The maximum absolute atomic E-state index is 5.83. The Morgan fingerprint density at radius 2 is 1.86 bits per heavy atom. The number of benzene rings is 1. The fraction of sp³-hybridized carbons (Fsp3) is 0.385. The highest BCUT2D eigenvalue weighted by Gasteiger charge is 2.01. The summed E-state index contributed by atoms with van der Waals surface area (Å²) in [6.45, 7) is 8.13. The Morgan fingerprint density at radius 1 is 1.29 bits per heavy atom. The van der Waals surface area contributed by atoms with Gasteiger partial charge in [-0.2, -0.15) is 0 Å². The van der Waals surface area contributed by atoms with Gasteiger partial charge in [0.2, 0.25) is 0 Å². The summed E-state index contributed by atoms with van der Waals surface area (Å²) in [7, 11) is 0. The summed E-state index contributed by atoms with van der Waals surface area (Å²) in [5.74, 6) is 0.703. The third kappa shape index (κ3) is 3.00. The van der Waals surface area contributed by atoms with Crippen molar-refractivity contribution in [1.29, 1.82) is 0 Å². The molecule has 1 atom stereocenters. The van der Waals surface area contributed by atoms with Crippen LogP contribution < -0.4 is 5.73 Å². The van der Waals surface area contributed by atoms with Crippen molar-refractivity contribution < 1.29 is 0 Å². The lowest BCUT2D eigenvalue weighted by molar-refractivity contribution is 0.647. The van der Waals surface area contributed by atoms with Crippen LogP contribution in [0.4, 0.5) is 0 Å². The SMILES string of the molecule is C=C[C@@H](N)c1ccc(CC(C)C)cc1. The van der Waals surface area contributed by atoms with Crippen molar-refractivity contribution in [3.63, 3.8) is 0 Å². The molecule has 0 amide bonds. The van der Waals surface area contributed by atoms with Crippen molar-refractivity contribution in [3.8, 4) is 0 Å². The third-order valence-corrected chi connectivity index (χ3v) is 2.26. The average Bonchev–Trinajstić information content (AvgIpc) is 2.17. The molecule has 0 bridgehead atoms. The maximum Gasteiger partial charge on any atom is 0.0478 e. The fourth-order valence-corrected chi connectivity index (χ4v) is 1.48. The smallest absolute Gasteiger partial charge is 0.0478 e. The van der Waals surface area contributed by atoms with Crippen LogP contribution in [0.2, 0.25) is 0 Å². The molecule has 1 nitrogen and oxygen atoms in total. The Morgan fingerprint density at radius 3 is 2.29 bits per heavy atom. The summed E-state index contributed by atoms with van der Waals surface area (Å²) in [5, 5.41) is 0. The van der Waals surface area contributed by atoms with Crippen molar-refractivity contribution in [2.75, 3.05) is 0 Å². The predicted molar refractivity (Wildman–Crippen MR) is 62.1 cm³/mol. The molecule has 1 rings (SSSR count).